The number of rotatable bonds is 8. The normalized spacial score (nSPS) is 27.2. The van der Waals surface area contributed by atoms with Gasteiger partial charge in [0.05, 0.1) is 0 Å². The molecular weight excluding hydrogens is 350 g/mol. The molecule has 0 unspecified atom stereocenters. The summed E-state index contributed by atoms with van der Waals surface area (Å²) in [5.74, 6) is 2.28. The molecule has 0 spiro atoms. The van der Waals surface area contributed by atoms with E-state index in [2.05, 4.69) is 60.6 Å². The summed E-state index contributed by atoms with van der Waals surface area (Å²) in [4.78, 5) is 26.3. The summed E-state index contributed by atoms with van der Waals surface area (Å²) in [6.07, 6.45) is 2.64. The molecular formula is C23H35N3O2. The van der Waals surface area contributed by atoms with Crippen molar-refractivity contribution in [3.8, 4) is 0 Å². The third-order valence-corrected chi connectivity index (χ3v) is 5.96. The van der Waals surface area contributed by atoms with Crippen LogP contribution in [0.2, 0.25) is 0 Å². The molecule has 2 N–H and O–H groups in total. The average Bonchev–Trinajstić information content (AvgIpc) is 3.37. The highest BCUT2D eigenvalue weighted by Crippen LogP contribution is 2.37. The van der Waals surface area contributed by atoms with Crippen LogP contribution in [0.15, 0.2) is 24.3 Å². The molecule has 3 rings (SSSR count). The minimum absolute atomic E-state index is 0.0236. The van der Waals surface area contributed by atoms with Gasteiger partial charge >= 0.3 is 0 Å². The molecule has 2 fully saturated rings. The Balaban J connectivity index is 1.34. The lowest BCUT2D eigenvalue weighted by molar-refractivity contribution is -0.123. The van der Waals surface area contributed by atoms with Crippen LogP contribution >= 0.6 is 0 Å². The third kappa shape index (κ3) is 6.33. The highest BCUT2D eigenvalue weighted by atomic mass is 16.2. The molecule has 1 aromatic rings. The van der Waals surface area contributed by atoms with E-state index in [-0.39, 0.29) is 17.7 Å². The lowest BCUT2D eigenvalue weighted by Gasteiger charge is -2.35. The van der Waals surface area contributed by atoms with E-state index < -0.39 is 0 Å². The second kappa shape index (κ2) is 9.55. The minimum atomic E-state index is -0.0236. The number of piperidine rings is 1. The van der Waals surface area contributed by atoms with Crippen LogP contribution in [0.5, 0.6) is 0 Å². The van der Waals surface area contributed by atoms with Crippen molar-refractivity contribution in [1.29, 1.82) is 0 Å². The monoisotopic (exact) mass is 385 g/mol. The number of likely N-dealkylation sites (tertiary alicyclic amines) is 1. The smallest absolute Gasteiger partial charge is 0.223 e. The van der Waals surface area contributed by atoms with Gasteiger partial charge in [0.25, 0.3) is 0 Å². The third-order valence-electron chi connectivity index (χ3n) is 5.96. The van der Waals surface area contributed by atoms with Gasteiger partial charge in [-0.2, -0.15) is 0 Å². The van der Waals surface area contributed by atoms with Gasteiger partial charge in [0.2, 0.25) is 11.8 Å². The van der Waals surface area contributed by atoms with Crippen LogP contribution < -0.4 is 10.6 Å². The second-order valence-electron chi connectivity index (χ2n) is 9.09. The molecule has 154 valence electrons. The van der Waals surface area contributed by atoms with Crippen LogP contribution in [0.4, 0.5) is 0 Å². The predicted molar refractivity (Wildman–Crippen MR) is 111 cm³/mol. The molecule has 5 nitrogen and oxygen atoms in total. The molecule has 28 heavy (non-hydrogen) atoms. The van der Waals surface area contributed by atoms with Gasteiger partial charge in [0.15, 0.2) is 0 Å². The van der Waals surface area contributed by atoms with Crippen molar-refractivity contribution in [3.63, 3.8) is 0 Å². The fraction of sp³-hybridized carbons (Fsp3) is 0.652. The highest BCUT2D eigenvalue weighted by molar-refractivity contribution is 5.82. The van der Waals surface area contributed by atoms with Crippen LogP contribution in [0.1, 0.15) is 51.2 Å². The second-order valence-corrected chi connectivity index (χ2v) is 9.09. The summed E-state index contributed by atoms with van der Waals surface area (Å²) < 4.78 is 0. The quantitative estimate of drug-likeness (QED) is 0.723. The van der Waals surface area contributed by atoms with E-state index in [1.54, 1.807) is 0 Å². The maximum atomic E-state index is 12.0. The molecule has 4 atom stereocenters. The van der Waals surface area contributed by atoms with Crippen LogP contribution in [-0.2, 0) is 22.7 Å². The first kappa shape index (κ1) is 20.8. The van der Waals surface area contributed by atoms with Crippen molar-refractivity contribution in [2.45, 2.75) is 53.1 Å². The van der Waals surface area contributed by atoms with Crippen molar-refractivity contribution in [2.24, 2.45) is 23.7 Å². The van der Waals surface area contributed by atoms with Gasteiger partial charge in [-0.3, -0.25) is 14.5 Å². The molecule has 2 amide bonds. The van der Waals surface area contributed by atoms with E-state index >= 15 is 0 Å². The summed E-state index contributed by atoms with van der Waals surface area (Å²) in [6.45, 7) is 11.1. The number of carbonyl (C=O) groups is 2. The van der Waals surface area contributed by atoms with Gasteiger partial charge in [0, 0.05) is 45.1 Å². The van der Waals surface area contributed by atoms with Gasteiger partial charge in [-0.05, 0) is 41.7 Å². The number of benzene rings is 1. The molecule has 0 bridgehead atoms. The standard InChI is InChI=1S/C23H35N3O2/c1-16-10-17(2)14-26(13-16)15-20-6-4-19(5-7-20)12-25-22(27)8-9-24-23(28)21-11-18(21)3/h4-7,16-18,21H,8-15H2,1-3H3,(H,24,28)(H,25,27)/t16-,17+,18-,21+/m1/s1. The molecule has 2 aliphatic rings. The van der Waals surface area contributed by atoms with Crippen molar-refractivity contribution < 1.29 is 9.59 Å². The van der Waals surface area contributed by atoms with Gasteiger partial charge < -0.3 is 10.6 Å². The van der Waals surface area contributed by atoms with E-state index in [0.29, 0.717) is 25.4 Å². The topological polar surface area (TPSA) is 61.4 Å². The molecule has 5 heteroatoms. The molecule has 1 saturated heterocycles. The van der Waals surface area contributed by atoms with Gasteiger partial charge in [0.1, 0.15) is 0 Å². The first-order valence-corrected chi connectivity index (χ1v) is 10.7. The zero-order valence-electron chi connectivity index (χ0n) is 17.5. The predicted octanol–water partition coefficient (Wildman–Crippen LogP) is 2.94. The number of amides is 2. The van der Waals surface area contributed by atoms with Crippen molar-refractivity contribution in [2.75, 3.05) is 19.6 Å². The van der Waals surface area contributed by atoms with Crippen molar-refractivity contribution in [1.82, 2.24) is 15.5 Å². The Bertz CT molecular complexity index is 663. The largest absolute Gasteiger partial charge is 0.355 e. The SMILES string of the molecule is C[C@@H]1C[C@H](C)CN(Cc2ccc(CNC(=O)CCNC(=O)[C@H]3C[C@H]3C)cc2)C1. The first-order valence-electron chi connectivity index (χ1n) is 10.7. The van der Waals surface area contributed by atoms with Crippen LogP contribution in [0.3, 0.4) is 0 Å². The average molecular weight is 386 g/mol. The van der Waals surface area contributed by atoms with Crippen LogP contribution in [-0.4, -0.2) is 36.3 Å². The Kier molecular flexibility index (Phi) is 7.11. The van der Waals surface area contributed by atoms with Gasteiger partial charge in [-0.25, -0.2) is 0 Å². The molecule has 1 aliphatic heterocycles. The lowest BCUT2D eigenvalue weighted by Crippen LogP contribution is -2.38. The molecule has 1 heterocycles. The summed E-state index contributed by atoms with van der Waals surface area (Å²) in [7, 11) is 0. The lowest BCUT2D eigenvalue weighted by atomic mass is 9.91. The zero-order chi connectivity index (χ0) is 20.1. The van der Waals surface area contributed by atoms with Gasteiger partial charge in [-0.15, -0.1) is 0 Å². The molecule has 1 aliphatic carbocycles. The maximum absolute atomic E-state index is 12.0. The molecule has 1 aromatic carbocycles. The number of hydrogen-bond donors (Lipinski definition) is 2. The summed E-state index contributed by atoms with van der Waals surface area (Å²) >= 11 is 0. The Morgan fingerprint density at radius 3 is 2.18 bits per heavy atom. The van der Waals surface area contributed by atoms with Crippen LogP contribution in [0.25, 0.3) is 0 Å². The molecule has 0 aromatic heterocycles. The van der Waals surface area contributed by atoms with Gasteiger partial charge in [-0.1, -0.05) is 45.0 Å². The zero-order valence-corrected chi connectivity index (χ0v) is 17.5. The van der Waals surface area contributed by atoms with E-state index in [4.69, 9.17) is 0 Å². The van der Waals surface area contributed by atoms with Crippen molar-refractivity contribution in [3.05, 3.63) is 35.4 Å². The van der Waals surface area contributed by atoms with E-state index in [0.717, 1.165) is 30.4 Å². The Morgan fingerprint density at radius 1 is 0.964 bits per heavy atom. The number of nitrogens with one attached hydrogen (secondary N) is 2. The fourth-order valence-corrected chi connectivity index (χ4v) is 4.35. The summed E-state index contributed by atoms with van der Waals surface area (Å²) in [5.41, 5.74) is 2.43. The first-order chi connectivity index (χ1) is 13.4. The van der Waals surface area contributed by atoms with Crippen LogP contribution in [0, 0.1) is 23.7 Å². The Hall–Kier alpha value is -1.88. The van der Waals surface area contributed by atoms with E-state index in [1.807, 2.05) is 0 Å². The minimum Gasteiger partial charge on any atom is -0.355 e. The number of nitrogens with zero attached hydrogens (tertiary/aromatic N) is 1. The van der Waals surface area contributed by atoms with E-state index in [9.17, 15) is 9.59 Å². The Morgan fingerprint density at radius 2 is 1.57 bits per heavy atom. The fourth-order valence-electron chi connectivity index (χ4n) is 4.35. The number of hydrogen-bond acceptors (Lipinski definition) is 3. The summed E-state index contributed by atoms with van der Waals surface area (Å²) in [6, 6.07) is 8.54. The number of carbonyl (C=O) groups excluding carboxylic acids is 2. The van der Waals surface area contributed by atoms with E-state index in [1.165, 1.54) is 25.1 Å². The highest BCUT2D eigenvalue weighted by Gasteiger charge is 2.38. The Labute approximate surface area is 169 Å². The summed E-state index contributed by atoms with van der Waals surface area (Å²) in [5, 5.41) is 5.79. The van der Waals surface area contributed by atoms with Crippen molar-refractivity contribution >= 4 is 11.8 Å². The maximum Gasteiger partial charge on any atom is 0.223 e. The molecule has 1 saturated carbocycles. The molecule has 0 radical (unpaired) electrons.